The molecule has 1 aliphatic heterocycles. The van der Waals surface area contributed by atoms with E-state index in [9.17, 15) is 4.79 Å². The molecule has 1 fully saturated rings. The molecule has 1 amide bonds. The van der Waals surface area contributed by atoms with E-state index < -0.39 is 0 Å². The predicted octanol–water partition coefficient (Wildman–Crippen LogP) is 0.337. The number of likely N-dealkylation sites (tertiary alicyclic amines) is 1. The first-order chi connectivity index (χ1) is 4.79. The largest absolute Gasteiger partial charge is 0.376 e. The molecule has 3 heteroatoms. The first-order valence-electron chi connectivity index (χ1n) is 3.70. The first kappa shape index (κ1) is 7.54. The number of carbonyl (C=O) groups excluding carboxylic acids is 1. The average molecular weight is 143 g/mol. The second-order valence-electron chi connectivity index (χ2n) is 2.61. The molecule has 0 spiro atoms. The summed E-state index contributed by atoms with van der Waals surface area (Å²) in [4.78, 5) is 12.5. The lowest BCUT2D eigenvalue weighted by Gasteiger charge is -2.20. The molecule has 0 aliphatic carbocycles. The molecular weight excluding hydrogens is 130 g/mol. The summed E-state index contributed by atoms with van der Waals surface area (Å²) in [5, 5.41) is 8.74. The van der Waals surface area contributed by atoms with Gasteiger partial charge in [0.05, 0.1) is 0 Å². The van der Waals surface area contributed by atoms with Gasteiger partial charge in [-0.15, -0.1) is 0 Å². The van der Waals surface area contributed by atoms with Crippen molar-refractivity contribution in [1.29, 1.82) is 0 Å². The van der Waals surface area contributed by atoms with Gasteiger partial charge in [0.2, 0.25) is 5.91 Å². The highest BCUT2D eigenvalue weighted by Gasteiger charge is 2.28. The summed E-state index contributed by atoms with van der Waals surface area (Å²) < 4.78 is 0. The van der Waals surface area contributed by atoms with Crippen molar-refractivity contribution in [3.63, 3.8) is 0 Å². The maximum Gasteiger partial charge on any atom is 0.224 e. The van der Waals surface area contributed by atoms with Gasteiger partial charge in [-0.25, -0.2) is 0 Å². The predicted molar refractivity (Wildman–Crippen MR) is 37.2 cm³/mol. The molecule has 1 saturated heterocycles. The zero-order valence-electron chi connectivity index (χ0n) is 6.21. The van der Waals surface area contributed by atoms with Crippen molar-refractivity contribution in [2.45, 2.75) is 32.2 Å². The van der Waals surface area contributed by atoms with Crippen molar-refractivity contribution in [2.24, 2.45) is 0 Å². The third-order valence-corrected chi connectivity index (χ3v) is 2.08. The number of aliphatic hydroxyl groups is 1. The van der Waals surface area contributed by atoms with E-state index in [1.54, 1.807) is 4.90 Å². The highest BCUT2D eigenvalue weighted by molar-refractivity contribution is 5.78. The van der Waals surface area contributed by atoms with E-state index in [1.165, 1.54) is 0 Å². The Balaban J connectivity index is 2.54. The number of hydrogen-bond donors (Lipinski definition) is 1. The maximum absolute atomic E-state index is 10.9. The van der Waals surface area contributed by atoms with Crippen LogP contribution in [0.1, 0.15) is 26.2 Å². The van der Waals surface area contributed by atoms with Crippen LogP contribution in [-0.2, 0) is 4.79 Å². The van der Waals surface area contributed by atoms with Gasteiger partial charge in [0, 0.05) is 12.5 Å². The Morgan fingerprint density at radius 1 is 1.80 bits per heavy atom. The Labute approximate surface area is 60.6 Å². The minimum absolute atomic E-state index is 0.0920. The Bertz CT molecular complexity index is 136. The smallest absolute Gasteiger partial charge is 0.224 e. The summed E-state index contributed by atoms with van der Waals surface area (Å²) in [6, 6.07) is 0.289. The van der Waals surface area contributed by atoms with E-state index in [1.807, 2.05) is 6.92 Å². The van der Waals surface area contributed by atoms with Gasteiger partial charge in [0.25, 0.3) is 0 Å². The number of carbonyl (C=O) groups is 1. The quantitative estimate of drug-likeness (QED) is 0.605. The average Bonchev–Trinajstić information content (AvgIpc) is 2.30. The summed E-state index contributed by atoms with van der Waals surface area (Å²) in [6.07, 6.45) is 2.47. The molecule has 0 aromatic rings. The van der Waals surface area contributed by atoms with Crippen LogP contribution in [0.2, 0.25) is 0 Å². The van der Waals surface area contributed by atoms with Gasteiger partial charge in [0.1, 0.15) is 6.73 Å². The molecule has 0 bridgehead atoms. The molecule has 1 atom stereocenters. The molecule has 1 N–H and O–H groups in total. The van der Waals surface area contributed by atoms with Gasteiger partial charge < -0.3 is 10.0 Å². The number of amides is 1. The molecule has 1 aliphatic rings. The summed E-state index contributed by atoms with van der Waals surface area (Å²) in [5.41, 5.74) is 0. The highest BCUT2D eigenvalue weighted by atomic mass is 16.3. The van der Waals surface area contributed by atoms with Crippen molar-refractivity contribution in [2.75, 3.05) is 6.73 Å². The van der Waals surface area contributed by atoms with Crippen molar-refractivity contribution in [3.05, 3.63) is 0 Å². The minimum Gasteiger partial charge on any atom is -0.376 e. The summed E-state index contributed by atoms with van der Waals surface area (Å²) in [5.74, 6) is 0.0920. The fourth-order valence-corrected chi connectivity index (χ4v) is 1.41. The molecule has 58 valence electrons. The lowest BCUT2D eigenvalue weighted by molar-refractivity contribution is -0.132. The van der Waals surface area contributed by atoms with Gasteiger partial charge >= 0.3 is 0 Å². The molecule has 1 heterocycles. The summed E-state index contributed by atoms with van der Waals surface area (Å²) >= 11 is 0. The maximum atomic E-state index is 10.9. The highest BCUT2D eigenvalue weighted by Crippen LogP contribution is 2.19. The second kappa shape index (κ2) is 3.01. The monoisotopic (exact) mass is 143 g/mol. The zero-order chi connectivity index (χ0) is 7.56. The molecule has 0 aromatic carbocycles. The normalized spacial score (nSPS) is 26.0. The summed E-state index contributed by atoms with van der Waals surface area (Å²) in [7, 11) is 0. The lowest BCUT2D eigenvalue weighted by atomic mass is 10.2. The van der Waals surface area contributed by atoms with Gasteiger partial charge in [-0.1, -0.05) is 6.92 Å². The van der Waals surface area contributed by atoms with Crippen LogP contribution in [0.4, 0.5) is 0 Å². The van der Waals surface area contributed by atoms with Crippen molar-refractivity contribution < 1.29 is 9.90 Å². The molecule has 3 nitrogen and oxygen atoms in total. The van der Waals surface area contributed by atoms with Crippen LogP contribution < -0.4 is 0 Å². The second-order valence-corrected chi connectivity index (χ2v) is 2.61. The van der Waals surface area contributed by atoms with E-state index in [2.05, 4.69) is 0 Å². The Kier molecular flexibility index (Phi) is 2.27. The van der Waals surface area contributed by atoms with E-state index in [-0.39, 0.29) is 18.7 Å². The third kappa shape index (κ3) is 1.14. The van der Waals surface area contributed by atoms with Crippen molar-refractivity contribution in [3.8, 4) is 0 Å². The van der Waals surface area contributed by atoms with E-state index in [0.29, 0.717) is 6.42 Å². The number of hydrogen-bond acceptors (Lipinski definition) is 2. The molecule has 1 unspecified atom stereocenters. The fraction of sp³-hybridized carbons (Fsp3) is 0.857. The van der Waals surface area contributed by atoms with Gasteiger partial charge in [-0.2, -0.15) is 0 Å². The number of rotatable bonds is 2. The van der Waals surface area contributed by atoms with Crippen LogP contribution in [0.15, 0.2) is 0 Å². The number of nitrogens with zero attached hydrogens (tertiary/aromatic N) is 1. The fourth-order valence-electron chi connectivity index (χ4n) is 1.41. The van der Waals surface area contributed by atoms with Crippen LogP contribution in [0.5, 0.6) is 0 Å². The minimum atomic E-state index is -0.114. The Morgan fingerprint density at radius 3 is 2.90 bits per heavy atom. The third-order valence-electron chi connectivity index (χ3n) is 2.08. The molecule has 1 rings (SSSR count). The van der Waals surface area contributed by atoms with Crippen LogP contribution in [0.3, 0.4) is 0 Å². The van der Waals surface area contributed by atoms with E-state index in [0.717, 1.165) is 12.8 Å². The first-order valence-corrected chi connectivity index (χ1v) is 3.70. The van der Waals surface area contributed by atoms with Crippen molar-refractivity contribution in [1.82, 2.24) is 4.90 Å². The van der Waals surface area contributed by atoms with Crippen molar-refractivity contribution >= 4 is 5.91 Å². The van der Waals surface area contributed by atoms with Crippen LogP contribution in [0, 0.1) is 0 Å². The zero-order valence-corrected chi connectivity index (χ0v) is 6.21. The van der Waals surface area contributed by atoms with E-state index in [4.69, 9.17) is 5.11 Å². The molecule has 10 heavy (non-hydrogen) atoms. The van der Waals surface area contributed by atoms with Gasteiger partial charge in [0.15, 0.2) is 0 Å². The van der Waals surface area contributed by atoms with Crippen LogP contribution in [-0.4, -0.2) is 28.7 Å². The Morgan fingerprint density at radius 2 is 2.50 bits per heavy atom. The lowest BCUT2D eigenvalue weighted by Crippen LogP contribution is -2.33. The van der Waals surface area contributed by atoms with E-state index >= 15 is 0 Å². The van der Waals surface area contributed by atoms with Crippen LogP contribution >= 0.6 is 0 Å². The number of aliphatic hydroxyl groups excluding tert-OH is 1. The summed E-state index contributed by atoms with van der Waals surface area (Å²) in [6.45, 7) is 1.92. The van der Waals surface area contributed by atoms with Crippen LogP contribution in [0.25, 0.3) is 0 Å². The molecule has 0 saturated carbocycles. The Hall–Kier alpha value is -0.570. The molecular formula is C7H13NO2. The SMILES string of the molecule is CCC1CCC(=O)N1CO. The topological polar surface area (TPSA) is 40.5 Å². The molecule has 0 radical (unpaired) electrons. The van der Waals surface area contributed by atoms with Gasteiger partial charge in [-0.3, -0.25) is 4.79 Å². The standard InChI is InChI=1S/C7H13NO2/c1-2-6-3-4-7(10)8(6)5-9/h6,9H,2-5H2,1H3. The molecule has 0 aromatic heterocycles. The van der Waals surface area contributed by atoms with Gasteiger partial charge in [-0.05, 0) is 12.8 Å².